The minimum atomic E-state index is -0.154. The van der Waals surface area contributed by atoms with E-state index in [1.165, 1.54) is 47.9 Å². The summed E-state index contributed by atoms with van der Waals surface area (Å²) >= 11 is 1.85. The van der Waals surface area contributed by atoms with E-state index in [1.807, 2.05) is 23.5 Å². The quantitative estimate of drug-likeness (QED) is 0.164. The Hall–Kier alpha value is -5.78. The van der Waals surface area contributed by atoms with Gasteiger partial charge in [-0.05, 0) is 127 Å². The fourth-order valence-corrected chi connectivity index (χ4v) is 10.8. The van der Waals surface area contributed by atoms with Gasteiger partial charge in [0.25, 0.3) is 6.71 Å². The molecule has 0 saturated carbocycles. The van der Waals surface area contributed by atoms with E-state index in [9.17, 15) is 1.37 Å². The number of thiophene rings is 1. The topological polar surface area (TPSA) is 15.7 Å². The maximum Gasteiger partial charge on any atom is 0.256 e. The van der Waals surface area contributed by atoms with Gasteiger partial charge >= 0.3 is 0 Å². The summed E-state index contributed by atoms with van der Waals surface area (Å²) in [6.07, 6.45) is 0. The Balaban J connectivity index is 1.30. The van der Waals surface area contributed by atoms with Crippen molar-refractivity contribution in [3.8, 4) is 11.5 Å². The molecule has 0 spiro atoms. The maximum absolute atomic E-state index is 9.37. The monoisotopic (exact) mass is 843 g/mol. The number of benzene rings is 7. The standard InChI is InChI=1S/C58H59BN2OS/c1-55(2,3)36-20-27-40(28-21-36)60(41-29-22-37(23-30-41)56(4,5)6)53-51-43-16-13-14-19-49(43)63-50(51)35-45-54(53)62-48-18-15-17-47-52(48)59(45)44-34-39(58(10,11)12)26-33-46(44)61(47)42-31-24-38(25-32-42)57(7,8)9/h13-35H,1-12H3/i15D. The van der Waals surface area contributed by atoms with Gasteiger partial charge in [-0.15, -0.1) is 11.3 Å². The summed E-state index contributed by atoms with van der Waals surface area (Å²) in [7, 11) is 0. The number of nitrogens with zero attached hydrogens (tertiary/aromatic N) is 2. The van der Waals surface area contributed by atoms with Crippen LogP contribution in [-0.4, -0.2) is 6.71 Å². The third-order valence-electron chi connectivity index (χ3n) is 13.3. The summed E-state index contributed by atoms with van der Waals surface area (Å²) in [5.41, 5.74) is 14.9. The van der Waals surface area contributed by atoms with Crippen LogP contribution in [0.5, 0.6) is 11.5 Å². The molecule has 0 aliphatic carbocycles. The van der Waals surface area contributed by atoms with Crippen LogP contribution in [0.4, 0.5) is 34.1 Å². The summed E-state index contributed by atoms with van der Waals surface area (Å²) in [5.74, 6) is 1.56. The predicted octanol–water partition coefficient (Wildman–Crippen LogP) is 15.1. The second-order valence-electron chi connectivity index (χ2n) is 21.9. The largest absolute Gasteiger partial charge is 0.456 e. The molecule has 1 aromatic heterocycles. The van der Waals surface area contributed by atoms with Crippen molar-refractivity contribution in [1.29, 1.82) is 0 Å². The van der Waals surface area contributed by atoms with Gasteiger partial charge in [0, 0.05) is 48.6 Å². The fourth-order valence-electron chi connectivity index (χ4n) is 9.63. The summed E-state index contributed by atoms with van der Waals surface area (Å²) in [5, 5.41) is 2.38. The van der Waals surface area contributed by atoms with Crippen molar-refractivity contribution in [1.82, 2.24) is 0 Å². The molecule has 0 bridgehead atoms. The van der Waals surface area contributed by atoms with Gasteiger partial charge < -0.3 is 14.5 Å². The van der Waals surface area contributed by atoms with Crippen molar-refractivity contribution in [2.75, 3.05) is 9.80 Å². The molecule has 3 nitrogen and oxygen atoms in total. The normalized spacial score (nSPS) is 14.0. The van der Waals surface area contributed by atoms with Gasteiger partial charge in [0.05, 0.1) is 7.06 Å². The van der Waals surface area contributed by atoms with Crippen LogP contribution >= 0.6 is 11.3 Å². The molecule has 2 aliphatic heterocycles. The second kappa shape index (κ2) is 14.4. The first-order valence-corrected chi connectivity index (χ1v) is 23.4. The van der Waals surface area contributed by atoms with E-state index < -0.39 is 0 Å². The van der Waals surface area contributed by atoms with Crippen LogP contribution < -0.4 is 30.9 Å². The molecule has 10 rings (SSSR count). The molecule has 0 radical (unpaired) electrons. The number of fused-ring (bicyclic) bond motifs is 7. The lowest BCUT2D eigenvalue weighted by Crippen LogP contribution is -2.59. The third kappa shape index (κ3) is 6.95. The molecule has 316 valence electrons. The number of anilines is 6. The summed E-state index contributed by atoms with van der Waals surface area (Å²) < 4.78 is 19.3. The van der Waals surface area contributed by atoms with Gasteiger partial charge in [0.1, 0.15) is 11.5 Å². The van der Waals surface area contributed by atoms with Crippen LogP contribution in [0.1, 0.15) is 107 Å². The molecule has 0 N–H and O–H groups in total. The lowest BCUT2D eigenvalue weighted by Gasteiger charge is -2.41. The highest BCUT2D eigenvalue weighted by molar-refractivity contribution is 7.26. The van der Waals surface area contributed by atoms with E-state index in [2.05, 4.69) is 214 Å². The van der Waals surface area contributed by atoms with Gasteiger partial charge in [-0.3, -0.25) is 0 Å². The average Bonchev–Trinajstić information content (AvgIpc) is 3.60. The molecule has 8 aromatic rings. The highest BCUT2D eigenvalue weighted by atomic mass is 32.1. The van der Waals surface area contributed by atoms with Crippen molar-refractivity contribution < 1.29 is 6.11 Å². The maximum atomic E-state index is 9.37. The molecule has 0 unspecified atom stereocenters. The van der Waals surface area contributed by atoms with E-state index >= 15 is 0 Å². The van der Waals surface area contributed by atoms with Crippen LogP contribution in [0.15, 0.2) is 140 Å². The van der Waals surface area contributed by atoms with Crippen molar-refractivity contribution in [2.24, 2.45) is 0 Å². The van der Waals surface area contributed by atoms with E-state index in [-0.39, 0.29) is 28.4 Å². The number of ether oxygens (including phenoxy) is 1. The zero-order valence-corrected chi connectivity index (χ0v) is 39.8. The Morgan fingerprint density at radius 1 is 0.540 bits per heavy atom. The molecular formula is C58H59BN2OS. The van der Waals surface area contributed by atoms with Gasteiger partial charge in [-0.25, -0.2) is 0 Å². The Bertz CT molecular complexity index is 3060. The lowest BCUT2D eigenvalue weighted by molar-refractivity contribution is 0.489. The van der Waals surface area contributed by atoms with E-state index in [0.29, 0.717) is 6.04 Å². The molecule has 63 heavy (non-hydrogen) atoms. The molecule has 7 aromatic carbocycles. The molecule has 2 aliphatic rings. The summed E-state index contributed by atoms with van der Waals surface area (Å²) in [6.45, 7) is 27.2. The van der Waals surface area contributed by atoms with Crippen LogP contribution in [0.3, 0.4) is 0 Å². The Labute approximate surface area is 380 Å². The number of rotatable bonds is 4. The number of hydrogen-bond acceptors (Lipinski definition) is 4. The first-order chi connectivity index (χ1) is 30.2. The van der Waals surface area contributed by atoms with Gasteiger partial charge in [-0.1, -0.05) is 156 Å². The third-order valence-corrected chi connectivity index (χ3v) is 14.4. The smallest absolute Gasteiger partial charge is 0.256 e. The molecule has 3 heterocycles. The van der Waals surface area contributed by atoms with Gasteiger partial charge in [0.2, 0.25) is 0 Å². The van der Waals surface area contributed by atoms with E-state index in [0.717, 1.165) is 56.5 Å². The number of hydrogen-bond donors (Lipinski definition) is 0. The average molecular weight is 844 g/mol. The van der Waals surface area contributed by atoms with Gasteiger partial charge in [-0.2, -0.15) is 0 Å². The summed E-state index contributed by atoms with van der Waals surface area (Å²) in [6, 6.07) is 50.0. The minimum Gasteiger partial charge on any atom is -0.456 e. The van der Waals surface area contributed by atoms with Crippen molar-refractivity contribution in [3.63, 3.8) is 0 Å². The van der Waals surface area contributed by atoms with Crippen molar-refractivity contribution in [3.05, 3.63) is 162 Å². The van der Waals surface area contributed by atoms with Crippen LogP contribution in [0, 0.1) is 0 Å². The van der Waals surface area contributed by atoms with Crippen molar-refractivity contribution in [2.45, 2.75) is 105 Å². The molecule has 0 fully saturated rings. The van der Waals surface area contributed by atoms with E-state index in [4.69, 9.17) is 4.74 Å². The Kier molecular flexibility index (Phi) is 9.13. The summed E-state index contributed by atoms with van der Waals surface area (Å²) in [4.78, 5) is 4.81. The SMILES string of the molecule is [2H]c1cc2c3c(c1)N(c1ccc(C(C)(C)C)cc1)c1ccc(C(C)(C)C)cc1B3c1cc3sc4ccccc4c3c(N(c3ccc(C(C)(C)C)cc3)c3ccc(C(C)(C)C)cc3)c1O2. The van der Waals surface area contributed by atoms with Crippen LogP contribution in [-0.2, 0) is 21.7 Å². The molecule has 0 amide bonds. The molecule has 0 saturated heterocycles. The van der Waals surface area contributed by atoms with Crippen LogP contribution in [0.25, 0.3) is 20.2 Å². The van der Waals surface area contributed by atoms with Crippen molar-refractivity contribution >= 4 is 88.7 Å². The predicted molar refractivity (Wildman–Crippen MR) is 275 cm³/mol. The minimum absolute atomic E-state index is 0.00173. The molecule has 5 heteroatoms. The first-order valence-electron chi connectivity index (χ1n) is 23.0. The van der Waals surface area contributed by atoms with E-state index in [1.54, 1.807) is 0 Å². The Morgan fingerprint density at radius 3 is 1.65 bits per heavy atom. The highest BCUT2D eigenvalue weighted by Gasteiger charge is 2.44. The molecular weight excluding hydrogens is 784 g/mol. The molecule has 0 atom stereocenters. The second-order valence-corrected chi connectivity index (χ2v) is 22.9. The Morgan fingerprint density at radius 2 is 1.08 bits per heavy atom. The lowest BCUT2D eigenvalue weighted by atomic mass is 9.34. The highest BCUT2D eigenvalue weighted by Crippen LogP contribution is 2.52. The zero-order chi connectivity index (χ0) is 45.2. The van der Waals surface area contributed by atoms with Gasteiger partial charge in [0.15, 0.2) is 0 Å². The first kappa shape index (κ1) is 40.0. The fraction of sp³-hybridized carbons (Fsp3) is 0.276. The van der Waals surface area contributed by atoms with Crippen LogP contribution in [0.2, 0.25) is 0 Å². The zero-order valence-electron chi connectivity index (χ0n) is 40.0.